The van der Waals surface area contributed by atoms with E-state index in [1.165, 1.54) is 13.8 Å². The molecule has 2 aliphatic heterocycles. The number of ether oxygens (including phenoxy) is 1. The summed E-state index contributed by atoms with van der Waals surface area (Å²) in [7, 11) is -0.192. The predicted octanol–water partition coefficient (Wildman–Crippen LogP) is 0.0711. The van der Waals surface area contributed by atoms with Crippen LogP contribution in [0.3, 0.4) is 0 Å². The average Bonchev–Trinajstić information content (AvgIpc) is 2.59. The Morgan fingerprint density at radius 1 is 1.55 bits per heavy atom. The van der Waals surface area contributed by atoms with Crippen molar-refractivity contribution in [2.75, 3.05) is 26.5 Å². The van der Waals surface area contributed by atoms with E-state index in [1.807, 2.05) is 0 Å². The summed E-state index contributed by atoms with van der Waals surface area (Å²) < 4.78 is 43.8. The van der Waals surface area contributed by atoms with E-state index in [4.69, 9.17) is 26.2 Å². The van der Waals surface area contributed by atoms with Crippen molar-refractivity contribution in [2.45, 2.75) is 30.2 Å². The largest absolute Gasteiger partial charge is 0.388 e. The summed E-state index contributed by atoms with van der Waals surface area (Å²) in [6.07, 6.45) is -2.36. The topological polar surface area (TPSA) is 112 Å². The molecule has 114 valence electrons. The molecule has 3 unspecified atom stereocenters. The molecule has 0 aliphatic carbocycles. The number of rotatable bonds is 3. The van der Waals surface area contributed by atoms with Crippen LogP contribution in [0, 0.1) is 0 Å². The summed E-state index contributed by atoms with van der Waals surface area (Å²) >= 11 is 0. The minimum Gasteiger partial charge on any atom is -0.388 e. The van der Waals surface area contributed by atoms with Gasteiger partial charge >= 0.3 is 15.2 Å². The van der Waals surface area contributed by atoms with E-state index in [9.17, 15) is 19.1 Å². The van der Waals surface area contributed by atoms with Crippen LogP contribution < -0.4 is 0 Å². The van der Waals surface area contributed by atoms with Crippen LogP contribution in [0.15, 0.2) is 0 Å². The molecule has 2 saturated heterocycles. The standard InChI is InChI=1S/C9H17BO8P2/c1-15-19(2,12)18-7-6(11)8(10)17-9(7)3-4-20(13,14)16-5-9/h6-8,11H,3-5H2,1-2H3,(H,13,14)/t6?,7-,8-,9+,19?/m1/s1. The van der Waals surface area contributed by atoms with Crippen LogP contribution in [-0.2, 0) is 27.4 Å². The van der Waals surface area contributed by atoms with E-state index in [2.05, 4.69) is 0 Å². The maximum absolute atomic E-state index is 11.9. The van der Waals surface area contributed by atoms with E-state index in [0.717, 1.165) is 0 Å². The second kappa shape index (κ2) is 5.49. The number of hydrogen-bond donors (Lipinski definition) is 2. The first kappa shape index (κ1) is 16.7. The Morgan fingerprint density at radius 2 is 2.20 bits per heavy atom. The van der Waals surface area contributed by atoms with Gasteiger partial charge in [0.25, 0.3) is 0 Å². The van der Waals surface area contributed by atoms with E-state index in [0.29, 0.717) is 0 Å². The van der Waals surface area contributed by atoms with E-state index < -0.39 is 39.0 Å². The fourth-order valence-corrected chi connectivity index (χ4v) is 4.32. The maximum Gasteiger partial charge on any atom is 0.328 e. The van der Waals surface area contributed by atoms with Crippen molar-refractivity contribution < 1.29 is 37.4 Å². The lowest BCUT2D eigenvalue weighted by atomic mass is 9.88. The minimum atomic E-state index is -3.65. The third-order valence-electron chi connectivity index (χ3n) is 3.50. The second-order valence-corrected chi connectivity index (χ2v) is 9.10. The molecule has 1 spiro atoms. The van der Waals surface area contributed by atoms with Crippen LogP contribution in [0.25, 0.3) is 0 Å². The first-order valence-corrected chi connectivity index (χ1v) is 9.76. The highest BCUT2D eigenvalue weighted by Gasteiger charge is 2.58. The molecule has 2 radical (unpaired) electrons. The third-order valence-corrected chi connectivity index (χ3v) is 6.10. The molecule has 0 amide bonds. The molecular weight excluding hydrogens is 309 g/mol. The fourth-order valence-electron chi connectivity index (χ4n) is 2.29. The van der Waals surface area contributed by atoms with Crippen molar-refractivity contribution >= 4 is 23.0 Å². The molecule has 20 heavy (non-hydrogen) atoms. The number of aliphatic hydroxyl groups excluding tert-OH is 1. The minimum absolute atomic E-state index is 0.0971. The highest BCUT2D eigenvalue weighted by molar-refractivity contribution is 7.53. The maximum atomic E-state index is 11.9. The second-order valence-electron chi connectivity index (χ2n) is 5.00. The smallest absolute Gasteiger partial charge is 0.328 e. The summed E-state index contributed by atoms with van der Waals surface area (Å²) in [6.45, 7) is 0.970. The van der Waals surface area contributed by atoms with Gasteiger partial charge in [0.2, 0.25) is 0 Å². The Morgan fingerprint density at radius 3 is 2.70 bits per heavy atom. The Balaban J connectivity index is 2.22. The number of hydrogen-bond acceptors (Lipinski definition) is 7. The summed E-state index contributed by atoms with van der Waals surface area (Å²) in [5, 5.41) is 10.0. The SMILES string of the molecule is [B][C@@H]1O[C@]2(CCP(=O)(O)OC2)[C@H](OP(C)(=O)OC)C1O. The molecule has 8 nitrogen and oxygen atoms in total. The van der Waals surface area contributed by atoms with Crippen LogP contribution in [0.5, 0.6) is 0 Å². The highest BCUT2D eigenvalue weighted by Crippen LogP contribution is 2.55. The van der Waals surface area contributed by atoms with Crippen LogP contribution in [0.4, 0.5) is 0 Å². The predicted molar refractivity (Wildman–Crippen MR) is 70.0 cm³/mol. The van der Waals surface area contributed by atoms with Gasteiger partial charge in [0.1, 0.15) is 25.7 Å². The molecular formula is C9H17BO8P2. The van der Waals surface area contributed by atoms with E-state index in [1.54, 1.807) is 0 Å². The van der Waals surface area contributed by atoms with Crippen molar-refractivity contribution in [3.05, 3.63) is 0 Å². The molecule has 6 atom stereocenters. The van der Waals surface area contributed by atoms with E-state index in [-0.39, 0.29) is 19.2 Å². The van der Waals surface area contributed by atoms with Crippen molar-refractivity contribution in [2.24, 2.45) is 0 Å². The van der Waals surface area contributed by atoms with Gasteiger partial charge in [0, 0.05) is 19.8 Å². The first-order valence-electron chi connectivity index (χ1n) is 6.00. The lowest BCUT2D eigenvalue weighted by molar-refractivity contribution is -0.0992. The van der Waals surface area contributed by atoms with Gasteiger partial charge in [-0.05, 0) is 6.42 Å². The van der Waals surface area contributed by atoms with Gasteiger partial charge in [-0.15, -0.1) is 0 Å². The summed E-state index contributed by atoms with van der Waals surface area (Å²) in [4.78, 5) is 9.38. The van der Waals surface area contributed by atoms with Crippen molar-refractivity contribution in [1.29, 1.82) is 0 Å². The highest BCUT2D eigenvalue weighted by atomic mass is 31.2. The van der Waals surface area contributed by atoms with Crippen LogP contribution >= 0.6 is 15.2 Å². The van der Waals surface area contributed by atoms with Gasteiger partial charge < -0.3 is 23.8 Å². The van der Waals surface area contributed by atoms with Crippen molar-refractivity contribution in [3.63, 3.8) is 0 Å². The van der Waals surface area contributed by atoms with Crippen LogP contribution in [0.1, 0.15) is 6.42 Å². The first-order chi connectivity index (χ1) is 9.11. The Bertz CT molecular complexity index is 459. The Kier molecular flexibility index (Phi) is 4.57. The molecule has 0 saturated carbocycles. The van der Waals surface area contributed by atoms with Gasteiger partial charge in [0.05, 0.1) is 12.8 Å². The van der Waals surface area contributed by atoms with Crippen LogP contribution in [0.2, 0.25) is 0 Å². The lowest BCUT2D eigenvalue weighted by Gasteiger charge is -2.39. The lowest BCUT2D eigenvalue weighted by Crippen LogP contribution is -2.50. The van der Waals surface area contributed by atoms with Gasteiger partial charge in [-0.2, -0.15) is 0 Å². The third kappa shape index (κ3) is 3.21. The fraction of sp³-hybridized carbons (Fsp3) is 1.00. The molecule has 0 bridgehead atoms. The number of aliphatic hydroxyl groups is 1. The van der Waals surface area contributed by atoms with Gasteiger partial charge in [-0.25, -0.2) is 0 Å². The molecule has 2 fully saturated rings. The molecule has 2 rings (SSSR count). The molecule has 2 heterocycles. The molecule has 2 aliphatic rings. The molecule has 0 aromatic rings. The Hall–Kier alpha value is 0.285. The monoisotopic (exact) mass is 326 g/mol. The zero-order chi connectivity index (χ0) is 15.2. The quantitative estimate of drug-likeness (QED) is 0.554. The molecule has 0 aromatic carbocycles. The summed E-state index contributed by atoms with van der Waals surface area (Å²) in [5.74, 6) is 0. The Labute approximate surface area is 118 Å². The van der Waals surface area contributed by atoms with E-state index >= 15 is 0 Å². The van der Waals surface area contributed by atoms with Gasteiger partial charge in [-0.3, -0.25) is 13.7 Å². The zero-order valence-electron chi connectivity index (χ0n) is 11.2. The molecule has 11 heteroatoms. The summed E-state index contributed by atoms with van der Waals surface area (Å²) in [6, 6.07) is -1.06. The van der Waals surface area contributed by atoms with Gasteiger partial charge in [-0.1, -0.05) is 0 Å². The summed E-state index contributed by atoms with van der Waals surface area (Å²) in [5.41, 5.74) is -1.21. The average molecular weight is 326 g/mol. The van der Waals surface area contributed by atoms with Crippen molar-refractivity contribution in [3.8, 4) is 0 Å². The molecule has 0 aromatic heterocycles. The normalized spacial score (nSPS) is 48.3. The van der Waals surface area contributed by atoms with Crippen molar-refractivity contribution in [1.82, 2.24) is 0 Å². The molecule has 2 N–H and O–H groups in total. The van der Waals surface area contributed by atoms with Crippen LogP contribution in [-0.4, -0.2) is 68.2 Å². The van der Waals surface area contributed by atoms with Gasteiger partial charge in [0.15, 0.2) is 0 Å². The zero-order valence-corrected chi connectivity index (χ0v) is 13.0.